The zero-order chi connectivity index (χ0) is 33.2. The van der Waals surface area contributed by atoms with Crippen LogP contribution in [0.3, 0.4) is 0 Å². The maximum Gasteiger partial charge on any atom is 0.442 e. The molecule has 0 fully saturated rings. The van der Waals surface area contributed by atoms with Crippen LogP contribution < -0.4 is 10.5 Å². The minimum Gasteiger partial charge on any atom is -0.511 e. The summed E-state index contributed by atoms with van der Waals surface area (Å²) < 4.78 is 11.9. The highest BCUT2D eigenvalue weighted by atomic mass is 35.5. The van der Waals surface area contributed by atoms with E-state index < -0.39 is 5.76 Å². The third kappa shape index (κ3) is 10.9. The number of nitrogens with zero attached hydrogens (tertiary/aromatic N) is 3. The second-order valence-electron chi connectivity index (χ2n) is 12.0. The van der Waals surface area contributed by atoms with Gasteiger partial charge in [0.15, 0.2) is 5.78 Å². The smallest absolute Gasteiger partial charge is 0.442 e. The molecule has 44 heavy (non-hydrogen) atoms. The number of aliphatic hydroxyl groups excluding tert-OH is 1. The maximum atomic E-state index is 12.5. The van der Waals surface area contributed by atoms with Gasteiger partial charge < -0.3 is 19.1 Å². The van der Waals surface area contributed by atoms with Crippen LogP contribution in [0.4, 0.5) is 0 Å². The lowest BCUT2D eigenvalue weighted by Gasteiger charge is -2.25. The Balaban J connectivity index is 0.000000307. The SMILES string of the molecule is CC(C)Oc1cc(-n2nc(C(C)(C)C)oc2=O)c(Cl)cc1Cl.CCCC(=NOCC)C1=C(O)CC(CC(C)SCC)CC1=O. The van der Waals surface area contributed by atoms with Crippen molar-refractivity contribution in [2.75, 3.05) is 12.4 Å². The Morgan fingerprint density at radius 3 is 2.36 bits per heavy atom. The Labute approximate surface area is 275 Å². The number of benzene rings is 1. The highest BCUT2D eigenvalue weighted by molar-refractivity contribution is 7.99. The van der Waals surface area contributed by atoms with Crippen LogP contribution >= 0.6 is 35.0 Å². The minimum atomic E-state index is -0.607. The number of halogens is 2. The number of ketones is 1. The summed E-state index contributed by atoms with van der Waals surface area (Å²) in [5.41, 5.74) is 0.982. The van der Waals surface area contributed by atoms with Crippen LogP contribution in [-0.4, -0.2) is 50.1 Å². The van der Waals surface area contributed by atoms with Gasteiger partial charge in [-0.15, -0.1) is 5.10 Å². The van der Waals surface area contributed by atoms with Crippen LogP contribution in [0.1, 0.15) is 100 Å². The van der Waals surface area contributed by atoms with E-state index in [1.54, 1.807) is 6.07 Å². The molecule has 1 aliphatic rings. The quantitative estimate of drug-likeness (QED) is 0.176. The van der Waals surface area contributed by atoms with Crippen molar-refractivity contribution in [3.8, 4) is 11.4 Å². The van der Waals surface area contributed by atoms with Crippen molar-refractivity contribution in [1.29, 1.82) is 0 Å². The number of rotatable bonds is 12. The molecule has 0 saturated heterocycles. The van der Waals surface area contributed by atoms with Gasteiger partial charge in [0.25, 0.3) is 0 Å². The number of aromatic nitrogens is 2. The molecule has 0 aliphatic heterocycles. The number of carbonyl (C=O) groups is 1. The van der Waals surface area contributed by atoms with Crippen LogP contribution in [0.15, 0.2) is 37.8 Å². The van der Waals surface area contributed by atoms with E-state index in [-0.39, 0.29) is 34.0 Å². The highest BCUT2D eigenvalue weighted by Crippen LogP contribution is 2.34. The Kier molecular flexibility index (Phi) is 14.9. The van der Waals surface area contributed by atoms with E-state index in [4.69, 9.17) is 37.2 Å². The van der Waals surface area contributed by atoms with Crippen molar-refractivity contribution in [3.63, 3.8) is 0 Å². The van der Waals surface area contributed by atoms with Gasteiger partial charge in [0.1, 0.15) is 18.1 Å². The molecule has 246 valence electrons. The number of oxime groups is 1. The summed E-state index contributed by atoms with van der Waals surface area (Å²) in [5.74, 6) is 1.68. The Morgan fingerprint density at radius 2 is 1.84 bits per heavy atom. The molecular weight excluding hydrogens is 625 g/mol. The van der Waals surface area contributed by atoms with E-state index in [1.807, 2.05) is 60.2 Å². The number of hydrogen-bond donors (Lipinski definition) is 1. The number of ether oxygens (including phenoxy) is 1. The van der Waals surface area contributed by atoms with Crippen LogP contribution in [0.2, 0.25) is 10.0 Å². The van der Waals surface area contributed by atoms with E-state index in [9.17, 15) is 14.7 Å². The maximum absolute atomic E-state index is 12.5. The fourth-order valence-corrected chi connectivity index (χ4v) is 6.13. The number of thioether (sulfide) groups is 1. The molecule has 0 spiro atoms. The van der Waals surface area contributed by atoms with Gasteiger partial charge in [-0.2, -0.15) is 16.4 Å². The van der Waals surface area contributed by atoms with Crippen molar-refractivity contribution < 1.29 is 23.9 Å². The average Bonchev–Trinajstić information content (AvgIpc) is 3.30. The summed E-state index contributed by atoms with van der Waals surface area (Å²) in [4.78, 5) is 29.6. The lowest BCUT2D eigenvalue weighted by molar-refractivity contribution is -0.116. The Hall–Kier alpha value is -2.43. The number of aliphatic hydroxyl groups is 1. The molecule has 1 N–H and O–H groups in total. The summed E-state index contributed by atoms with van der Waals surface area (Å²) >= 11 is 14.2. The molecule has 0 radical (unpaired) electrons. The Morgan fingerprint density at radius 1 is 1.16 bits per heavy atom. The molecule has 1 aliphatic carbocycles. The summed E-state index contributed by atoms with van der Waals surface area (Å²) in [7, 11) is 0. The number of Topliss-reactive ketones (excluding diaryl/α,β-unsaturated/α-hetero) is 1. The monoisotopic (exact) mass is 671 g/mol. The van der Waals surface area contributed by atoms with Crippen LogP contribution in [0.25, 0.3) is 5.69 Å². The number of hydrogen-bond acceptors (Lipinski definition) is 9. The zero-order valence-electron chi connectivity index (χ0n) is 27.3. The second kappa shape index (κ2) is 17.3. The highest BCUT2D eigenvalue weighted by Gasteiger charge is 2.31. The summed E-state index contributed by atoms with van der Waals surface area (Å²) in [6, 6.07) is 3.11. The van der Waals surface area contributed by atoms with Gasteiger partial charge in [0.05, 0.1) is 33.1 Å². The van der Waals surface area contributed by atoms with Gasteiger partial charge in [0.2, 0.25) is 5.89 Å². The molecule has 2 atom stereocenters. The molecule has 1 aromatic carbocycles. The molecule has 0 bridgehead atoms. The molecule has 2 aromatic rings. The lowest BCUT2D eigenvalue weighted by Crippen LogP contribution is -2.26. The van der Waals surface area contributed by atoms with Crippen molar-refractivity contribution >= 4 is 46.5 Å². The topological polar surface area (TPSA) is 116 Å². The van der Waals surface area contributed by atoms with Gasteiger partial charge in [-0.3, -0.25) is 4.79 Å². The van der Waals surface area contributed by atoms with Crippen LogP contribution in [-0.2, 0) is 15.0 Å². The predicted molar refractivity (Wildman–Crippen MR) is 180 cm³/mol. The van der Waals surface area contributed by atoms with E-state index >= 15 is 0 Å². The first-order chi connectivity index (χ1) is 20.6. The molecule has 3 rings (SSSR count). The summed E-state index contributed by atoms with van der Waals surface area (Å²) in [6.07, 6.45) is 3.49. The van der Waals surface area contributed by atoms with Gasteiger partial charge in [-0.05, 0) is 51.3 Å². The van der Waals surface area contributed by atoms with E-state index in [0.717, 1.165) is 23.3 Å². The molecule has 1 aromatic heterocycles. The number of carbonyl (C=O) groups excluding carboxylic acids is 1. The Bertz CT molecular complexity index is 1380. The van der Waals surface area contributed by atoms with Gasteiger partial charge in [0, 0.05) is 29.6 Å². The lowest BCUT2D eigenvalue weighted by atomic mass is 9.82. The number of allylic oxidation sites excluding steroid dienone is 2. The van der Waals surface area contributed by atoms with Crippen molar-refractivity contribution in [1.82, 2.24) is 9.78 Å². The molecule has 12 heteroatoms. The standard InChI is InChI=1S/C17H29NO3S.C15H18Cl2N2O3/c1-5-8-14(18-21-6-2)17-15(19)10-13(11-16(17)20)9-12(4)22-7-3;1-8(2)21-12-7-11(9(16)6-10(12)17)19-14(20)22-13(18-19)15(3,4)5/h12-13,19H,5-11H2,1-4H3;6-8H,1-5H3. The average molecular weight is 673 g/mol. The summed E-state index contributed by atoms with van der Waals surface area (Å²) in [5, 5.41) is 19.8. The predicted octanol–water partition coefficient (Wildman–Crippen LogP) is 8.72. The van der Waals surface area contributed by atoms with E-state index in [0.29, 0.717) is 64.8 Å². The third-order valence-corrected chi connectivity index (χ3v) is 8.19. The van der Waals surface area contributed by atoms with E-state index in [1.165, 1.54) is 6.07 Å². The molecule has 9 nitrogen and oxygen atoms in total. The fourth-order valence-electron chi connectivity index (χ4n) is 4.64. The van der Waals surface area contributed by atoms with E-state index in [2.05, 4.69) is 24.1 Å². The minimum absolute atomic E-state index is 0.00866. The van der Waals surface area contributed by atoms with Gasteiger partial charge in [-0.25, -0.2) is 4.79 Å². The molecule has 1 heterocycles. The molecule has 0 saturated carbocycles. The first-order valence-corrected chi connectivity index (χ1v) is 17.0. The normalized spacial score (nSPS) is 16.6. The van der Waals surface area contributed by atoms with Crippen molar-refractivity contribution in [2.45, 2.75) is 111 Å². The zero-order valence-corrected chi connectivity index (χ0v) is 29.7. The first kappa shape index (κ1) is 37.8. The molecule has 2 unspecified atom stereocenters. The van der Waals surface area contributed by atoms with Crippen molar-refractivity contribution in [3.05, 3.63) is 50.0 Å². The molecule has 0 amide bonds. The van der Waals surface area contributed by atoms with Crippen LogP contribution in [0, 0.1) is 5.92 Å². The largest absolute Gasteiger partial charge is 0.511 e. The van der Waals surface area contributed by atoms with Crippen molar-refractivity contribution in [2.24, 2.45) is 11.1 Å². The van der Waals surface area contributed by atoms with Crippen LogP contribution in [0.5, 0.6) is 5.75 Å². The van der Waals surface area contributed by atoms with Gasteiger partial charge >= 0.3 is 5.76 Å². The van der Waals surface area contributed by atoms with Gasteiger partial charge in [-0.1, -0.05) is 76.3 Å². The molecular formula is C32H47Cl2N3O6S. The second-order valence-corrected chi connectivity index (χ2v) is 14.5. The first-order valence-electron chi connectivity index (χ1n) is 15.1. The summed E-state index contributed by atoms with van der Waals surface area (Å²) in [6.45, 7) is 18.1. The third-order valence-electron chi connectivity index (χ3n) is 6.50. The fraction of sp³-hybridized carbons (Fsp3) is 0.625.